The molecule has 2 heterocycles. The number of fused-ring (bicyclic) bond motifs is 1. The maximum atomic E-state index is 13.1. The van der Waals surface area contributed by atoms with Crippen LogP contribution in [0.5, 0.6) is 0 Å². The maximum absolute atomic E-state index is 13.1. The topological polar surface area (TPSA) is 354 Å². The normalized spacial score (nSPS) is 18.7. The van der Waals surface area contributed by atoms with Gasteiger partial charge in [0.15, 0.2) is 0 Å². The summed E-state index contributed by atoms with van der Waals surface area (Å²) in [6.07, 6.45) is 5.17. The van der Waals surface area contributed by atoms with Crippen LogP contribution in [0.25, 0.3) is 0 Å². The highest BCUT2D eigenvalue weighted by molar-refractivity contribution is 8.00. The van der Waals surface area contributed by atoms with Crippen LogP contribution in [0.1, 0.15) is 90.4 Å². The van der Waals surface area contributed by atoms with Crippen molar-refractivity contribution in [2.75, 3.05) is 38.5 Å². The molecule has 2 fully saturated rings. The first-order valence-corrected chi connectivity index (χ1v) is 21.2. The number of carbonyl (C=O) groups is 9. The number of nitrogens with one attached hydrogen (secondary N) is 9. The standard InChI is InChI=1S/C36H63N11O11S/c1-21(42-35(56)24(11-4-6-14-37)44-34(55)22(9-8-16-48)17-28(50)47-58)33(54)41-18-29(51)40-19-30(52)43-23(32(38)53)10-5-7-15-39-27(49)13-3-2-12-26-31-25(20-59-26)45-36(57)46-31/h21-26,31,48,58H,2-20,37H2,1H3,(H2,38,53)(H,39,49)(H,40,51)(H,41,54)(H,42,56)(H,43,52)(H,44,55)(H,47,50)(H2,45,46,57)/t21-,22?,23-,24-,25-,26-,31-/m0/s1. The van der Waals surface area contributed by atoms with E-state index in [-0.39, 0.29) is 62.7 Å². The number of aliphatic hydroxyl groups excluding tert-OH is 1. The second-order valence-corrected chi connectivity index (χ2v) is 15.9. The Bertz CT molecular complexity index is 1440. The number of urea groups is 1. The molecule has 2 aliphatic heterocycles. The van der Waals surface area contributed by atoms with Crippen molar-refractivity contribution in [3.05, 3.63) is 0 Å². The number of hydrogen-bond donors (Lipinski definition) is 13. The molecule has 0 aromatic rings. The third-order valence-corrected chi connectivity index (χ3v) is 11.3. The molecule has 10 amide bonds. The van der Waals surface area contributed by atoms with E-state index < -0.39 is 78.5 Å². The van der Waals surface area contributed by atoms with Crippen molar-refractivity contribution in [3.63, 3.8) is 0 Å². The summed E-state index contributed by atoms with van der Waals surface area (Å²) in [4.78, 5) is 111. The van der Waals surface area contributed by atoms with Gasteiger partial charge in [-0.25, -0.2) is 10.3 Å². The first-order chi connectivity index (χ1) is 28.2. The fourth-order valence-electron chi connectivity index (χ4n) is 6.52. The lowest BCUT2D eigenvalue weighted by Crippen LogP contribution is -2.54. The average Bonchev–Trinajstić information content (AvgIpc) is 3.76. The van der Waals surface area contributed by atoms with Gasteiger partial charge < -0.3 is 59.1 Å². The zero-order valence-electron chi connectivity index (χ0n) is 33.6. The number of primary amides is 1. The molecule has 0 bridgehead atoms. The van der Waals surface area contributed by atoms with Gasteiger partial charge in [-0.15, -0.1) is 0 Å². The molecule has 334 valence electrons. The molecule has 22 nitrogen and oxygen atoms in total. The predicted octanol–water partition coefficient (Wildman–Crippen LogP) is -3.40. The molecule has 2 aliphatic rings. The SMILES string of the molecule is C[C@H](NC(=O)[C@H](CCCCN)NC(=O)C(CCCO)CC(=O)NO)C(=O)NCC(=O)NCC(=O)N[C@@H](CCCCNC(=O)CCCC[C@@H]1SC[C@@H]2NC(=O)N[C@@H]21)C(N)=O. The van der Waals surface area contributed by atoms with Gasteiger partial charge in [0.05, 0.1) is 25.2 Å². The van der Waals surface area contributed by atoms with Crippen LogP contribution in [0.4, 0.5) is 4.79 Å². The molecule has 7 atom stereocenters. The van der Waals surface area contributed by atoms with Crippen molar-refractivity contribution in [2.24, 2.45) is 17.4 Å². The number of rotatable bonds is 30. The molecule has 0 spiro atoms. The quantitative estimate of drug-likeness (QED) is 0.0145. The third kappa shape index (κ3) is 19.7. The number of hydrogen-bond acceptors (Lipinski definition) is 13. The summed E-state index contributed by atoms with van der Waals surface area (Å²) in [5.41, 5.74) is 12.5. The highest BCUT2D eigenvalue weighted by atomic mass is 32.2. The summed E-state index contributed by atoms with van der Waals surface area (Å²) in [6.45, 7) is 0.765. The second kappa shape index (κ2) is 27.9. The number of carbonyl (C=O) groups excluding carboxylic acids is 9. The Morgan fingerprint density at radius 3 is 2.17 bits per heavy atom. The summed E-state index contributed by atoms with van der Waals surface area (Å²) < 4.78 is 0. The van der Waals surface area contributed by atoms with Crippen LogP contribution in [-0.2, 0) is 38.4 Å². The van der Waals surface area contributed by atoms with Crippen molar-refractivity contribution in [2.45, 2.75) is 126 Å². The summed E-state index contributed by atoms with van der Waals surface area (Å²) in [6, 6.07) is -3.09. The molecule has 0 saturated carbocycles. The summed E-state index contributed by atoms with van der Waals surface area (Å²) in [5, 5.41) is 39.3. The molecule has 23 heteroatoms. The van der Waals surface area contributed by atoms with E-state index in [1.807, 2.05) is 11.8 Å². The molecule has 2 rings (SSSR count). The second-order valence-electron chi connectivity index (χ2n) is 14.6. The van der Waals surface area contributed by atoms with E-state index in [1.54, 1.807) is 0 Å². The number of nitrogens with two attached hydrogens (primary N) is 2. The smallest absolute Gasteiger partial charge is 0.315 e. The summed E-state index contributed by atoms with van der Waals surface area (Å²) in [7, 11) is 0. The zero-order chi connectivity index (χ0) is 43.7. The number of aliphatic hydroxyl groups is 1. The van der Waals surface area contributed by atoms with Crippen LogP contribution in [0.15, 0.2) is 0 Å². The van der Waals surface area contributed by atoms with Crippen LogP contribution >= 0.6 is 11.8 Å². The first kappa shape index (κ1) is 50.4. The Kier molecular flexibility index (Phi) is 23.8. The maximum Gasteiger partial charge on any atom is 0.315 e. The van der Waals surface area contributed by atoms with E-state index in [0.29, 0.717) is 50.4 Å². The molecular formula is C36H63N11O11S. The number of thioether (sulfide) groups is 1. The van der Waals surface area contributed by atoms with Gasteiger partial charge in [-0.1, -0.05) is 6.42 Å². The minimum Gasteiger partial charge on any atom is -0.396 e. The van der Waals surface area contributed by atoms with Gasteiger partial charge in [-0.05, 0) is 77.7 Å². The fraction of sp³-hybridized carbons (Fsp3) is 0.750. The Balaban J connectivity index is 1.67. The van der Waals surface area contributed by atoms with Crippen molar-refractivity contribution in [1.29, 1.82) is 0 Å². The van der Waals surface area contributed by atoms with Gasteiger partial charge in [0.2, 0.25) is 47.3 Å². The molecular weight excluding hydrogens is 795 g/mol. The van der Waals surface area contributed by atoms with Crippen molar-refractivity contribution in [3.8, 4) is 0 Å². The Morgan fingerprint density at radius 1 is 0.763 bits per heavy atom. The van der Waals surface area contributed by atoms with E-state index >= 15 is 0 Å². The van der Waals surface area contributed by atoms with Gasteiger partial charge in [0.1, 0.15) is 18.1 Å². The lowest BCUT2D eigenvalue weighted by atomic mass is 9.97. The van der Waals surface area contributed by atoms with Gasteiger partial charge in [0, 0.05) is 42.9 Å². The monoisotopic (exact) mass is 857 g/mol. The van der Waals surface area contributed by atoms with Crippen molar-refractivity contribution >= 4 is 65.1 Å². The zero-order valence-corrected chi connectivity index (χ0v) is 34.4. The van der Waals surface area contributed by atoms with Crippen LogP contribution in [0.2, 0.25) is 0 Å². The van der Waals surface area contributed by atoms with Crippen molar-refractivity contribution in [1.82, 2.24) is 48.0 Å². The minimum atomic E-state index is -1.15. The average molecular weight is 858 g/mol. The molecule has 0 aromatic heterocycles. The number of amides is 10. The van der Waals surface area contributed by atoms with Gasteiger partial charge in [0.25, 0.3) is 0 Å². The highest BCUT2D eigenvalue weighted by Gasteiger charge is 2.42. The van der Waals surface area contributed by atoms with E-state index in [4.69, 9.17) is 16.7 Å². The summed E-state index contributed by atoms with van der Waals surface area (Å²) >= 11 is 1.83. The Hall–Kier alpha value is -4.74. The van der Waals surface area contributed by atoms with E-state index in [2.05, 4.69) is 42.5 Å². The fourth-order valence-corrected chi connectivity index (χ4v) is 8.06. The Labute approximate surface area is 347 Å². The van der Waals surface area contributed by atoms with Crippen LogP contribution in [0, 0.1) is 5.92 Å². The van der Waals surface area contributed by atoms with Gasteiger partial charge in [-0.3, -0.25) is 43.6 Å². The molecule has 0 aliphatic carbocycles. The predicted molar refractivity (Wildman–Crippen MR) is 215 cm³/mol. The van der Waals surface area contributed by atoms with Crippen LogP contribution in [0.3, 0.4) is 0 Å². The molecule has 1 unspecified atom stereocenters. The first-order valence-electron chi connectivity index (χ1n) is 20.1. The van der Waals surface area contributed by atoms with Crippen LogP contribution in [-0.4, -0.2) is 138 Å². The largest absolute Gasteiger partial charge is 0.396 e. The van der Waals surface area contributed by atoms with E-state index in [9.17, 15) is 48.3 Å². The lowest BCUT2D eigenvalue weighted by Gasteiger charge is -2.23. The summed E-state index contributed by atoms with van der Waals surface area (Å²) in [5.74, 6) is -5.28. The van der Waals surface area contributed by atoms with Crippen molar-refractivity contribution < 1.29 is 53.5 Å². The molecule has 0 radical (unpaired) electrons. The highest BCUT2D eigenvalue weighted by Crippen LogP contribution is 2.33. The van der Waals surface area contributed by atoms with Crippen LogP contribution < -0.4 is 59.5 Å². The number of hydroxylamine groups is 1. The van der Waals surface area contributed by atoms with Gasteiger partial charge >= 0.3 is 6.03 Å². The van der Waals surface area contributed by atoms with E-state index in [1.165, 1.54) is 12.4 Å². The molecule has 2 saturated heterocycles. The Morgan fingerprint density at radius 2 is 1.47 bits per heavy atom. The number of unbranched alkanes of at least 4 members (excludes halogenated alkanes) is 3. The molecule has 0 aromatic carbocycles. The van der Waals surface area contributed by atoms with Gasteiger partial charge in [-0.2, -0.15) is 11.8 Å². The molecule has 15 N–H and O–H groups in total. The minimum absolute atomic E-state index is 0.0818. The lowest BCUT2D eigenvalue weighted by molar-refractivity contribution is -0.137. The third-order valence-electron chi connectivity index (χ3n) is 9.84. The van der Waals surface area contributed by atoms with E-state index in [0.717, 1.165) is 25.0 Å². The molecule has 59 heavy (non-hydrogen) atoms.